The molecule has 3 aliphatic rings. The van der Waals surface area contributed by atoms with Gasteiger partial charge in [0.2, 0.25) is 0 Å². The molecule has 0 aromatic rings. The Balaban J connectivity index is 0.000000371. The van der Waals surface area contributed by atoms with Crippen LogP contribution < -0.4 is 0 Å². The fourth-order valence-electron chi connectivity index (χ4n) is 3.83. The van der Waals surface area contributed by atoms with Crippen LogP contribution in [0, 0.1) is 23.7 Å². The Bertz CT molecular complexity index is 288. The van der Waals surface area contributed by atoms with Gasteiger partial charge in [-0.3, -0.25) is 0 Å². The predicted octanol–water partition coefficient (Wildman–Crippen LogP) is 5.21. The van der Waals surface area contributed by atoms with Crippen LogP contribution >= 0.6 is 23.2 Å². The van der Waals surface area contributed by atoms with Crippen molar-refractivity contribution in [3.05, 3.63) is 24.3 Å². The molecule has 0 aliphatic heterocycles. The molecule has 0 aromatic carbocycles. The molecule has 5 atom stereocenters. The zero-order chi connectivity index (χ0) is 13.5. The van der Waals surface area contributed by atoms with E-state index in [1.165, 1.54) is 38.4 Å². The van der Waals surface area contributed by atoms with Crippen LogP contribution in [-0.4, -0.2) is 12.8 Å². The number of alkyl halides is 2. The molecule has 3 aliphatic carbocycles. The second kappa shape index (κ2) is 8.99. The van der Waals surface area contributed by atoms with Crippen LogP contribution in [0.4, 0.5) is 0 Å². The van der Waals surface area contributed by atoms with E-state index in [9.17, 15) is 0 Å². The van der Waals surface area contributed by atoms with Gasteiger partial charge in [-0.2, -0.15) is 0 Å². The maximum atomic E-state index is 4.64. The zero-order valence-corrected chi connectivity index (χ0v) is 15.3. The second-order valence-corrected chi connectivity index (χ2v) is 6.70. The van der Waals surface area contributed by atoms with Gasteiger partial charge in [-0.1, -0.05) is 0 Å². The van der Waals surface area contributed by atoms with Crippen LogP contribution in [0.15, 0.2) is 24.3 Å². The Kier molecular flexibility index (Phi) is 8.48. The van der Waals surface area contributed by atoms with Crippen molar-refractivity contribution in [3.8, 4) is 0 Å². The van der Waals surface area contributed by atoms with Crippen molar-refractivity contribution >= 4 is 23.2 Å². The topological polar surface area (TPSA) is 0 Å². The third-order valence-electron chi connectivity index (χ3n) is 4.47. The monoisotopic (exact) mass is 363 g/mol. The van der Waals surface area contributed by atoms with Crippen LogP contribution in [-0.2, 0) is 24.7 Å². The average molecular weight is 365 g/mol. The SMILES string of the molecule is CCl.CCl.[Zr][CH]1C2C=CC=CC2C2CCCCC12. The Morgan fingerprint density at radius 2 is 1.33 bits per heavy atom. The normalized spacial score (nSPS) is 39.6. The summed E-state index contributed by atoms with van der Waals surface area (Å²) in [6, 6.07) is 0. The van der Waals surface area contributed by atoms with Crippen LogP contribution in [0.3, 0.4) is 0 Å². The Hall–Kier alpha value is 0.943. The quantitative estimate of drug-likeness (QED) is 0.517. The number of hydrogen-bond donors (Lipinski definition) is 0. The summed E-state index contributed by atoms with van der Waals surface area (Å²) in [5.74, 6) is 3.93. The molecule has 5 unspecified atom stereocenters. The van der Waals surface area contributed by atoms with Crippen LogP contribution in [0.25, 0.3) is 0 Å². The van der Waals surface area contributed by atoms with Gasteiger partial charge in [0.1, 0.15) is 0 Å². The molecular formula is C15H23Cl2Zr. The van der Waals surface area contributed by atoms with Gasteiger partial charge < -0.3 is 0 Å². The summed E-state index contributed by atoms with van der Waals surface area (Å²) in [6.45, 7) is 0. The van der Waals surface area contributed by atoms with Gasteiger partial charge in [-0.15, -0.1) is 23.2 Å². The number of hydrogen-bond acceptors (Lipinski definition) is 0. The average Bonchev–Trinajstić information content (AvgIpc) is 2.78. The minimum atomic E-state index is 0.909. The van der Waals surface area contributed by atoms with E-state index in [0.29, 0.717) is 0 Å². The molecule has 2 fully saturated rings. The first-order valence-corrected chi connectivity index (χ1v) is 9.63. The van der Waals surface area contributed by atoms with E-state index in [-0.39, 0.29) is 0 Å². The number of rotatable bonds is 0. The first-order valence-electron chi connectivity index (χ1n) is 6.69. The van der Waals surface area contributed by atoms with Crippen molar-refractivity contribution in [2.45, 2.75) is 29.3 Å². The fraction of sp³-hybridized carbons (Fsp3) is 0.733. The number of halogens is 2. The van der Waals surface area contributed by atoms with E-state index in [1.54, 1.807) is 24.7 Å². The molecule has 2 saturated carbocycles. The molecule has 0 radical (unpaired) electrons. The summed E-state index contributed by atoms with van der Waals surface area (Å²) in [7, 11) is 0. The molecule has 0 N–H and O–H groups in total. The molecule has 0 amide bonds. The van der Waals surface area contributed by atoms with E-state index < -0.39 is 0 Å². The van der Waals surface area contributed by atoms with E-state index in [2.05, 4.69) is 47.5 Å². The van der Waals surface area contributed by atoms with E-state index in [1.807, 2.05) is 0 Å². The Morgan fingerprint density at radius 1 is 0.833 bits per heavy atom. The van der Waals surface area contributed by atoms with E-state index >= 15 is 0 Å². The zero-order valence-electron chi connectivity index (χ0n) is 11.3. The van der Waals surface area contributed by atoms with Crippen molar-refractivity contribution in [1.82, 2.24) is 0 Å². The summed E-state index contributed by atoms with van der Waals surface area (Å²) in [5, 5.41) is 0. The molecule has 3 heteroatoms. The molecule has 0 aromatic heterocycles. The number of fused-ring (bicyclic) bond motifs is 3. The van der Waals surface area contributed by atoms with Crippen molar-refractivity contribution in [2.75, 3.05) is 12.8 Å². The Labute approximate surface area is 137 Å². The predicted molar refractivity (Wildman–Crippen MR) is 78.0 cm³/mol. The molecular weight excluding hydrogens is 342 g/mol. The summed E-state index contributed by atoms with van der Waals surface area (Å²) in [6.07, 6.45) is 18.5. The molecule has 18 heavy (non-hydrogen) atoms. The van der Waals surface area contributed by atoms with Crippen molar-refractivity contribution in [1.29, 1.82) is 0 Å². The third-order valence-corrected chi connectivity index (χ3v) is 6.47. The van der Waals surface area contributed by atoms with Gasteiger partial charge in [0.15, 0.2) is 0 Å². The van der Waals surface area contributed by atoms with E-state index in [0.717, 1.165) is 27.3 Å². The first-order chi connectivity index (χ1) is 8.88. The summed E-state index contributed by atoms with van der Waals surface area (Å²) < 4.78 is 1.03. The molecule has 0 nitrogen and oxygen atoms in total. The summed E-state index contributed by atoms with van der Waals surface area (Å²) in [5.41, 5.74) is 0. The van der Waals surface area contributed by atoms with Gasteiger partial charge in [-0.05, 0) is 0 Å². The fourth-order valence-corrected chi connectivity index (χ4v) is 5.66. The maximum absolute atomic E-state index is 4.64. The Morgan fingerprint density at radius 3 is 1.94 bits per heavy atom. The summed E-state index contributed by atoms with van der Waals surface area (Å²) >= 11 is 11.1. The standard InChI is InChI=1S/C13H17.2CH3Cl.Zr/c1-3-7-12-10(5-1)9-11-6-2-4-8-13(11)12;2*1-2;/h1,3,5,7,9-13H,2,4,6,8H2;2*1H3;. The van der Waals surface area contributed by atoms with Gasteiger partial charge in [0.25, 0.3) is 0 Å². The molecule has 0 saturated heterocycles. The molecule has 0 bridgehead atoms. The van der Waals surface area contributed by atoms with Gasteiger partial charge >= 0.3 is 102 Å². The van der Waals surface area contributed by atoms with Crippen molar-refractivity contribution in [3.63, 3.8) is 0 Å². The van der Waals surface area contributed by atoms with Crippen LogP contribution in [0.2, 0.25) is 3.63 Å². The molecule has 101 valence electrons. The van der Waals surface area contributed by atoms with Gasteiger partial charge in [-0.25, -0.2) is 0 Å². The number of allylic oxidation sites excluding steroid dienone is 4. The van der Waals surface area contributed by atoms with Crippen molar-refractivity contribution in [2.24, 2.45) is 23.7 Å². The van der Waals surface area contributed by atoms with Gasteiger partial charge in [0.05, 0.1) is 0 Å². The van der Waals surface area contributed by atoms with Crippen LogP contribution in [0.5, 0.6) is 0 Å². The van der Waals surface area contributed by atoms with Crippen LogP contribution in [0.1, 0.15) is 25.7 Å². The second-order valence-electron chi connectivity index (χ2n) is 5.06. The third kappa shape index (κ3) is 3.53. The first kappa shape index (κ1) is 17.0. The molecule has 0 spiro atoms. The van der Waals surface area contributed by atoms with Gasteiger partial charge in [0, 0.05) is 12.8 Å². The molecule has 0 heterocycles. The molecule has 3 rings (SSSR count). The van der Waals surface area contributed by atoms with E-state index in [4.69, 9.17) is 0 Å². The summed E-state index contributed by atoms with van der Waals surface area (Å²) in [4.78, 5) is 0. The van der Waals surface area contributed by atoms with Crippen molar-refractivity contribution < 1.29 is 24.7 Å². The minimum absolute atomic E-state index is 0.909.